The number of anilines is 1. The van der Waals surface area contributed by atoms with Gasteiger partial charge < -0.3 is 19.9 Å². The zero-order valence-corrected chi connectivity index (χ0v) is 12.6. The molecule has 1 saturated heterocycles. The molecule has 1 fully saturated rings. The van der Waals surface area contributed by atoms with Crippen molar-refractivity contribution < 1.29 is 4.74 Å². The van der Waals surface area contributed by atoms with Gasteiger partial charge in [-0.3, -0.25) is 0 Å². The van der Waals surface area contributed by atoms with E-state index >= 15 is 0 Å². The monoisotopic (exact) mass is 278 g/mol. The van der Waals surface area contributed by atoms with Crippen molar-refractivity contribution >= 4 is 5.82 Å². The molecule has 1 aromatic rings. The normalized spacial score (nSPS) is 15.8. The van der Waals surface area contributed by atoms with Gasteiger partial charge in [-0.05, 0) is 51.3 Å². The standard InChI is InChI=1S/C15H26N4O/c1-18(2)7-3-5-16-13-14-4-6-17-15(12-14)19-8-10-20-11-9-19/h4,6,12,16H,3,5,7-11,13H2,1-2H3. The van der Waals surface area contributed by atoms with Crippen molar-refractivity contribution in [2.24, 2.45) is 0 Å². The number of morpholine rings is 1. The summed E-state index contributed by atoms with van der Waals surface area (Å²) in [6, 6.07) is 4.27. The quantitative estimate of drug-likeness (QED) is 0.752. The lowest BCUT2D eigenvalue weighted by molar-refractivity contribution is 0.122. The third kappa shape index (κ3) is 5.07. The van der Waals surface area contributed by atoms with E-state index in [9.17, 15) is 0 Å². The van der Waals surface area contributed by atoms with Crippen LogP contribution in [0.25, 0.3) is 0 Å². The summed E-state index contributed by atoms with van der Waals surface area (Å²) in [5.41, 5.74) is 1.30. The minimum absolute atomic E-state index is 0.800. The van der Waals surface area contributed by atoms with Crippen molar-refractivity contribution in [2.45, 2.75) is 13.0 Å². The SMILES string of the molecule is CN(C)CCCNCc1ccnc(N2CCOCC2)c1. The summed E-state index contributed by atoms with van der Waals surface area (Å²) in [4.78, 5) is 8.97. The van der Waals surface area contributed by atoms with Crippen LogP contribution in [0.1, 0.15) is 12.0 Å². The summed E-state index contributed by atoms with van der Waals surface area (Å²) in [6.45, 7) is 6.56. The maximum Gasteiger partial charge on any atom is 0.128 e. The van der Waals surface area contributed by atoms with Crippen molar-refractivity contribution in [1.29, 1.82) is 0 Å². The van der Waals surface area contributed by atoms with Gasteiger partial charge in [-0.15, -0.1) is 0 Å². The Labute approximate surface area is 121 Å². The highest BCUT2D eigenvalue weighted by Crippen LogP contribution is 2.14. The number of pyridine rings is 1. The molecule has 0 atom stereocenters. The van der Waals surface area contributed by atoms with Crippen molar-refractivity contribution in [2.75, 3.05) is 58.4 Å². The predicted molar refractivity (Wildman–Crippen MR) is 82.1 cm³/mol. The Balaban J connectivity index is 1.77. The first-order valence-electron chi connectivity index (χ1n) is 7.39. The molecule has 2 heterocycles. The molecule has 0 bridgehead atoms. The fourth-order valence-electron chi connectivity index (χ4n) is 2.29. The molecule has 5 nitrogen and oxygen atoms in total. The Morgan fingerprint density at radius 3 is 2.90 bits per heavy atom. The molecule has 1 aromatic heterocycles. The summed E-state index contributed by atoms with van der Waals surface area (Å²) in [6.07, 6.45) is 3.08. The number of nitrogens with zero attached hydrogens (tertiary/aromatic N) is 3. The molecule has 5 heteroatoms. The van der Waals surface area contributed by atoms with Crippen molar-refractivity contribution in [1.82, 2.24) is 15.2 Å². The van der Waals surface area contributed by atoms with Gasteiger partial charge in [0.15, 0.2) is 0 Å². The largest absolute Gasteiger partial charge is 0.378 e. The lowest BCUT2D eigenvalue weighted by atomic mass is 10.2. The van der Waals surface area contributed by atoms with Crippen LogP contribution in [0.3, 0.4) is 0 Å². The smallest absolute Gasteiger partial charge is 0.128 e. The molecule has 112 valence electrons. The predicted octanol–water partition coefficient (Wildman–Crippen LogP) is 0.960. The Bertz CT molecular complexity index is 391. The summed E-state index contributed by atoms with van der Waals surface area (Å²) in [5, 5.41) is 3.49. The third-order valence-electron chi connectivity index (χ3n) is 3.43. The van der Waals surface area contributed by atoms with E-state index in [1.807, 2.05) is 6.20 Å². The van der Waals surface area contributed by atoms with Crippen molar-refractivity contribution in [3.05, 3.63) is 23.9 Å². The Hall–Kier alpha value is -1.17. The molecular weight excluding hydrogens is 252 g/mol. The molecule has 0 unspecified atom stereocenters. The van der Waals surface area contributed by atoms with Gasteiger partial charge in [0.1, 0.15) is 5.82 Å². The van der Waals surface area contributed by atoms with E-state index in [1.165, 1.54) is 12.0 Å². The highest BCUT2D eigenvalue weighted by Gasteiger charge is 2.12. The van der Waals surface area contributed by atoms with Crippen LogP contribution < -0.4 is 10.2 Å². The van der Waals surface area contributed by atoms with Crippen LogP contribution in [0, 0.1) is 0 Å². The van der Waals surface area contributed by atoms with Gasteiger partial charge >= 0.3 is 0 Å². The zero-order valence-electron chi connectivity index (χ0n) is 12.6. The zero-order chi connectivity index (χ0) is 14.2. The summed E-state index contributed by atoms with van der Waals surface area (Å²) >= 11 is 0. The minimum Gasteiger partial charge on any atom is -0.378 e. The molecule has 0 spiro atoms. The average molecular weight is 278 g/mol. The molecular formula is C15H26N4O. The van der Waals surface area contributed by atoms with Crippen molar-refractivity contribution in [3.8, 4) is 0 Å². The van der Waals surface area contributed by atoms with Crippen LogP contribution in [-0.2, 0) is 11.3 Å². The first-order valence-corrected chi connectivity index (χ1v) is 7.39. The van der Waals surface area contributed by atoms with Gasteiger partial charge in [0.2, 0.25) is 0 Å². The lowest BCUT2D eigenvalue weighted by Gasteiger charge is -2.28. The molecule has 1 N–H and O–H groups in total. The minimum atomic E-state index is 0.800. The Morgan fingerprint density at radius 2 is 2.15 bits per heavy atom. The summed E-state index contributed by atoms with van der Waals surface area (Å²) < 4.78 is 5.38. The van der Waals surface area contributed by atoms with E-state index in [4.69, 9.17) is 4.74 Å². The number of hydrogen-bond acceptors (Lipinski definition) is 5. The van der Waals surface area contributed by atoms with Crippen LogP contribution in [0.4, 0.5) is 5.82 Å². The van der Waals surface area contributed by atoms with Gasteiger partial charge in [0.25, 0.3) is 0 Å². The molecule has 2 rings (SSSR count). The number of aromatic nitrogens is 1. The van der Waals surface area contributed by atoms with E-state index in [1.54, 1.807) is 0 Å². The fourth-order valence-corrected chi connectivity index (χ4v) is 2.29. The molecule has 0 aliphatic carbocycles. The second kappa shape index (κ2) is 8.19. The number of ether oxygens (including phenoxy) is 1. The second-order valence-electron chi connectivity index (χ2n) is 5.46. The van der Waals surface area contributed by atoms with Gasteiger partial charge in [-0.25, -0.2) is 4.98 Å². The van der Waals surface area contributed by atoms with Crippen LogP contribution in [0.2, 0.25) is 0 Å². The van der Waals surface area contributed by atoms with Crippen LogP contribution in [-0.4, -0.2) is 63.4 Å². The van der Waals surface area contributed by atoms with Crippen LogP contribution in [0.5, 0.6) is 0 Å². The number of hydrogen-bond donors (Lipinski definition) is 1. The molecule has 1 aliphatic heterocycles. The molecule has 0 saturated carbocycles. The highest BCUT2D eigenvalue weighted by molar-refractivity contribution is 5.41. The molecule has 0 amide bonds. The Morgan fingerprint density at radius 1 is 1.35 bits per heavy atom. The average Bonchev–Trinajstić information content (AvgIpc) is 2.48. The first kappa shape index (κ1) is 15.2. The Kier molecular flexibility index (Phi) is 6.24. The van der Waals surface area contributed by atoms with Crippen LogP contribution in [0.15, 0.2) is 18.3 Å². The summed E-state index contributed by atoms with van der Waals surface area (Å²) in [7, 11) is 4.22. The maximum absolute atomic E-state index is 5.38. The lowest BCUT2D eigenvalue weighted by Crippen LogP contribution is -2.36. The highest BCUT2D eigenvalue weighted by atomic mass is 16.5. The van der Waals surface area contributed by atoms with Gasteiger partial charge in [0.05, 0.1) is 13.2 Å². The van der Waals surface area contributed by atoms with Gasteiger partial charge in [-0.1, -0.05) is 0 Å². The topological polar surface area (TPSA) is 40.6 Å². The van der Waals surface area contributed by atoms with E-state index in [2.05, 4.69) is 46.3 Å². The molecule has 0 aromatic carbocycles. The van der Waals surface area contributed by atoms with Gasteiger partial charge in [-0.2, -0.15) is 0 Å². The fraction of sp³-hybridized carbons (Fsp3) is 0.667. The van der Waals surface area contributed by atoms with E-state index < -0.39 is 0 Å². The number of rotatable bonds is 7. The van der Waals surface area contributed by atoms with E-state index in [0.29, 0.717) is 0 Å². The summed E-state index contributed by atoms with van der Waals surface area (Å²) in [5.74, 6) is 1.07. The third-order valence-corrected chi connectivity index (χ3v) is 3.43. The second-order valence-corrected chi connectivity index (χ2v) is 5.46. The molecule has 0 radical (unpaired) electrons. The first-order chi connectivity index (χ1) is 9.75. The molecule has 20 heavy (non-hydrogen) atoms. The number of nitrogens with one attached hydrogen (secondary N) is 1. The van der Waals surface area contributed by atoms with Crippen molar-refractivity contribution in [3.63, 3.8) is 0 Å². The van der Waals surface area contributed by atoms with E-state index in [0.717, 1.165) is 51.8 Å². The van der Waals surface area contributed by atoms with Crippen LogP contribution >= 0.6 is 0 Å². The van der Waals surface area contributed by atoms with E-state index in [-0.39, 0.29) is 0 Å². The maximum atomic E-state index is 5.38. The van der Waals surface area contributed by atoms with Gasteiger partial charge in [0, 0.05) is 25.8 Å². The molecule has 1 aliphatic rings.